The molecule has 0 fully saturated rings. The van der Waals surface area contributed by atoms with Crippen LogP contribution in [0.4, 0.5) is 8.78 Å². The number of hydrogen-bond acceptors (Lipinski definition) is 0. The summed E-state index contributed by atoms with van der Waals surface area (Å²) < 4.78 is 24.9. The summed E-state index contributed by atoms with van der Waals surface area (Å²) in [6, 6.07) is 5.10. The topological polar surface area (TPSA) is 0 Å². The molecule has 0 radical (unpaired) electrons. The first-order valence-corrected chi connectivity index (χ1v) is 4.41. The Morgan fingerprint density at radius 1 is 1.08 bits per heavy atom. The Morgan fingerprint density at radius 3 is 2.08 bits per heavy atom. The molecule has 1 aromatic rings. The van der Waals surface area contributed by atoms with Crippen molar-refractivity contribution in [1.82, 2.24) is 0 Å². The van der Waals surface area contributed by atoms with Gasteiger partial charge in [0.15, 0.2) is 0 Å². The van der Waals surface area contributed by atoms with Crippen LogP contribution < -0.4 is 0 Å². The van der Waals surface area contributed by atoms with Crippen LogP contribution >= 0.6 is 0 Å². The summed E-state index contributed by atoms with van der Waals surface area (Å²) in [5.74, 6) is 0.304. The van der Waals surface area contributed by atoms with Gasteiger partial charge in [-0.2, -0.15) is 0 Å². The second-order valence-electron chi connectivity index (χ2n) is 3.52. The maximum absolute atomic E-state index is 12.5. The lowest BCUT2D eigenvalue weighted by Gasteiger charge is -2.13. The van der Waals surface area contributed by atoms with Crippen molar-refractivity contribution in [3.05, 3.63) is 34.9 Å². The first-order valence-electron chi connectivity index (χ1n) is 4.41. The molecule has 0 unspecified atom stereocenters. The van der Waals surface area contributed by atoms with E-state index in [2.05, 4.69) is 0 Å². The molecule has 2 heteroatoms. The zero-order valence-corrected chi connectivity index (χ0v) is 8.14. The second kappa shape index (κ2) is 3.86. The van der Waals surface area contributed by atoms with Crippen LogP contribution in [-0.4, -0.2) is 0 Å². The van der Waals surface area contributed by atoms with Crippen molar-refractivity contribution in [3.8, 4) is 0 Å². The fraction of sp³-hybridized carbons (Fsp3) is 0.455. The van der Waals surface area contributed by atoms with Crippen molar-refractivity contribution in [3.63, 3.8) is 0 Å². The molecule has 1 rings (SSSR count). The Bertz CT molecular complexity index is 264. The maximum Gasteiger partial charge on any atom is 0.264 e. The summed E-state index contributed by atoms with van der Waals surface area (Å²) in [5, 5.41) is 0. The normalized spacial score (nSPS) is 11.3. The molecule has 0 amide bonds. The van der Waals surface area contributed by atoms with E-state index in [0.717, 1.165) is 11.1 Å². The Morgan fingerprint density at radius 2 is 1.62 bits per heavy atom. The monoisotopic (exact) mass is 184 g/mol. The Labute approximate surface area is 77.6 Å². The standard InChI is InChI=1S/C11H14F2/c1-7(2)9-5-4-6-10(8(9)3)11(12)13/h4-7,11H,1-3H3. The van der Waals surface area contributed by atoms with Gasteiger partial charge in [-0.05, 0) is 24.0 Å². The highest BCUT2D eigenvalue weighted by Crippen LogP contribution is 2.28. The summed E-state index contributed by atoms with van der Waals surface area (Å²) in [5.41, 5.74) is 1.90. The lowest BCUT2D eigenvalue weighted by atomic mass is 9.94. The van der Waals surface area contributed by atoms with Crippen molar-refractivity contribution in [2.75, 3.05) is 0 Å². The number of rotatable bonds is 2. The lowest BCUT2D eigenvalue weighted by molar-refractivity contribution is 0.150. The van der Waals surface area contributed by atoms with Crippen LogP contribution in [0.15, 0.2) is 18.2 Å². The van der Waals surface area contributed by atoms with Gasteiger partial charge in [0.05, 0.1) is 0 Å². The first kappa shape index (κ1) is 10.2. The molecule has 0 nitrogen and oxygen atoms in total. The maximum atomic E-state index is 12.5. The molecule has 0 bridgehead atoms. The lowest BCUT2D eigenvalue weighted by Crippen LogP contribution is -1.97. The molecule has 0 spiro atoms. The minimum absolute atomic E-state index is 0.159. The van der Waals surface area contributed by atoms with E-state index in [0.29, 0.717) is 5.92 Å². The van der Waals surface area contributed by atoms with Crippen molar-refractivity contribution in [2.45, 2.75) is 33.1 Å². The van der Waals surface area contributed by atoms with Crippen LogP contribution in [-0.2, 0) is 0 Å². The fourth-order valence-corrected chi connectivity index (χ4v) is 1.53. The summed E-state index contributed by atoms with van der Waals surface area (Å²) in [4.78, 5) is 0. The van der Waals surface area contributed by atoms with Crippen molar-refractivity contribution < 1.29 is 8.78 Å². The minimum Gasteiger partial charge on any atom is -0.205 e. The van der Waals surface area contributed by atoms with E-state index >= 15 is 0 Å². The van der Waals surface area contributed by atoms with Crippen molar-refractivity contribution in [2.24, 2.45) is 0 Å². The number of hydrogen-bond donors (Lipinski definition) is 0. The Kier molecular flexibility index (Phi) is 3.02. The predicted molar refractivity (Wildman–Crippen MR) is 50.2 cm³/mol. The average Bonchev–Trinajstić information content (AvgIpc) is 2.03. The largest absolute Gasteiger partial charge is 0.264 e. The molecule has 0 heterocycles. The van der Waals surface area contributed by atoms with Gasteiger partial charge in [-0.15, -0.1) is 0 Å². The number of alkyl halides is 2. The van der Waals surface area contributed by atoms with E-state index < -0.39 is 6.43 Å². The van der Waals surface area contributed by atoms with Crippen LogP contribution in [0, 0.1) is 6.92 Å². The molecule has 0 atom stereocenters. The molecule has 0 aromatic heterocycles. The molecular formula is C11H14F2. The zero-order chi connectivity index (χ0) is 10.0. The van der Waals surface area contributed by atoms with E-state index in [4.69, 9.17) is 0 Å². The molecule has 0 aliphatic heterocycles. The van der Waals surface area contributed by atoms with Gasteiger partial charge < -0.3 is 0 Å². The van der Waals surface area contributed by atoms with Gasteiger partial charge in [-0.1, -0.05) is 32.0 Å². The third-order valence-electron chi connectivity index (χ3n) is 2.27. The van der Waals surface area contributed by atoms with Crippen LogP contribution in [0.1, 0.15) is 42.9 Å². The predicted octanol–water partition coefficient (Wildman–Crippen LogP) is 4.06. The number of halogens is 2. The Balaban J connectivity index is 3.18. The summed E-state index contributed by atoms with van der Waals surface area (Å²) >= 11 is 0. The third kappa shape index (κ3) is 2.06. The van der Waals surface area contributed by atoms with E-state index in [-0.39, 0.29) is 5.56 Å². The summed E-state index contributed by atoms with van der Waals surface area (Å²) in [6.45, 7) is 5.78. The van der Waals surface area contributed by atoms with E-state index in [1.807, 2.05) is 19.9 Å². The van der Waals surface area contributed by atoms with Gasteiger partial charge in [0.1, 0.15) is 0 Å². The van der Waals surface area contributed by atoms with Gasteiger partial charge in [0.2, 0.25) is 0 Å². The first-order chi connectivity index (χ1) is 6.04. The molecular weight excluding hydrogens is 170 g/mol. The minimum atomic E-state index is -2.36. The van der Waals surface area contributed by atoms with E-state index in [1.54, 1.807) is 13.0 Å². The van der Waals surface area contributed by atoms with Crippen LogP contribution in [0.2, 0.25) is 0 Å². The Hall–Kier alpha value is -0.920. The fourth-order valence-electron chi connectivity index (χ4n) is 1.53. The highest BCUT2D eigenvalue weighted by atomic mass is 19.3. The molecule has 0 saturated carbocycles. The molecule has 0 aliphatic rings. The van der Waals surface area contributed by atoms with Gasteiger partial charge >= 0.3 is 0 Å². The van der Waals surface area contributed by atoms with Gasteiger partial charge in [-0.25, -0.2) is 8.78 Å². The highest BCUT2D eigenvalue weighted by Gasteiger charge is 2.13. The van der Waals surface area contributed by atoms with Crippen molar-refractivity contribution in [1.29, 1.82) is 0 Å². The van der Waals surface area contributed by atoms with Crippen LogP contribution in [0.25, 0.3) is 0 Å². The molecule has 0 saturated heterocycles. The summed E-state index contributed by atoms with van der Waals surface area (Å²) in [7, 11) is 0. The molecule has 0 aliphatic carbocycles. The van der Waals surface area contributed by atoms with Crippen LogP contribution in [0.3, 0.4) is 0 Å². The SMILES string of the molecule is Cc1c(C(C)C)cccc1C(F)F. The average molecular weight is 184 g/mol. The second-order valence-corrected chi connectivity index (χ2v) is 3.52. The molecule has 1 aromatic carbocycles. The summed E-state index contributed by atoms with van der Waals surface area (Å²) in [6.07, 6.45) is -2.36. The smallest absolute Gasteiger partial charge is 0.205 e. The quantitative estimate of drug-likeness (QED) is 0.650. The van der Waals surface area contributed by atoms with Crippen LogP contribution in [0.5, 0.6) is 0 Å². The third-order valence-corrected chi connectivity index (χ3v) is 2.27. The highest BCUT2D eigenvalue weighted by molar-refractivity contribution is 5.36. The molecule has 13 heavy (non-hydrogen) atoms. The van der Waals surface area contributed by atoms with Gasteiger partial charge in [0, 0.05) is 5.56 Å². The van der Waals surface area contributed by atoms with E-state index in [1.165, 1.54) is 6.07 Å². The molecule has 0 N–H and O–H groups in total. The van der Waals surface area contributed by atoms with Gasteiger partial charge in [0.25, 0.3) is 6.43 Å². The van der Waals surface area contributed by atoms with Crippen molar-refractivity contribution >= 4 is 0 Å². The van der Waals surface area contributed by atoms with Gasteiger partial charge in [-0.3, -0.25) is 0 Å². The molecule has 72 valence electrons. The zero-order valence-electron chi connectivity index (χ0n) is 8.14. The number of benzene rings is 1. The van der Waals surface area contributed by atoms with E-state index in [9.17, 15) is 8.78 Å².